The molecule has 0 radical (unpaired) electrons. The zero-order valence-electron chi connectivity index (χ0n) is 14.5. The number of amides is 2. The molecule has 0 aliphatic heterocycles. The van der Waals surface area contributed by atoms with E-state index in [-0.39, 0.29) is 17.0 Å². The van der Waals surface area contributed by atoms with Crippen molar-refractivity contribution in [1.82, 2.24) is 0 Å². The van der Waals surface area contributed by atoms with Crippen LogP contribution >= 0.6 is 0 Å². The number of carbonyl (C=O) groups is 2. The number of rotatable bonds is 5. The monoisotopic (exact) mass is 377 g/mol. The van der Waals surface area contributed by atoms with E-state index in [0.717, 1.165) is 0 Å². The van der Waals surface area contributed by atoms with E-state index in [4.69, 9.17) is 0 Å². The Morgan fingerprint density at radius 1 is 0.786 bits per heavy atom. The normalized spacial score (nSPS) is 10.1. The summed E-state index contributed by atoms with van der Waals surface area (Å²) in [6.45, 7) is 0. The van der Waals surface area contributed by atoms with Gasteiger partial charge in [0.2, 0.25) is 0 Å². The Kier molecular flexibility index (Phi) is 5.31. The molecule has 0 bridgehead atoms. The van der Waals surface area contributed by atoms with E-state index in [1.807, 2.05) is 0 Å². The molecule has 3 aromatic rings. The Morgan fingerprint density at radius 3 is 1.96 bits per heavy atom. The smallest absolute Gasteiger partial charge is 0.269 e. The molecule has 8 heteroatoms. The minimum absolute atomic E-state index is 0.0295. The number of nitro groups is 1. The second-order valence-electron chi connectivity index (χ2n) is 5.84. The lowest BCUT2D eigenvalue weighted by Crippen LogP contribution is -2.14. The van der Waals surface area contributed by atoms with Gasteiger partial charge in [0.25, 0.3) is 17.5 Å². The van der Waals surface area contributed by atoms with Crippen molar-refractivity contribution in [3.05, 3.63) is 94.0 Å². The highest BCUT2D eigenvalue weighted by atomic mass is 16.6. The van der Waals surface area contributed by atoms with E-state index in [1.165, 1.54) is 42.5 Å². The molecule has 3 rings (SSSR count). The van der Waals surface area contributed by atoms with Crippen LogP contribution in [0, 0.1) is 10.1 Å². The Bertz CT molecular complexity index is 1050. The van der Waals surface area contributed by atoms with E-state index < -0.39 is 16.7 Å². The van der Waals surface area contributed by atoms with Crippen LogP contribution in [0.4, 0.5) is 17.1 Å². The van der Waals surface area contributed by atoms with Gasteiger partial charge in [-0.15, -0.1) is 0 Å². The van der Waals surface area contributed by atoms with Crippen LogP contribution in [0.15, 0.2) is 72.8 Å². The summed E-state index contributed by atoms with van der Waals surface area (Å²) in [6.07, 6.45) is 0. The second kappa shape index (κ2) is 8.00. The maximum absolute atomic E-state index is 12.4. The van der Waals surface area contributed by atoms with Crippen molar-refractivity contribution < 1.29 is 19.6 Å². The third-order valence-corrected chi connectivity index (χ3v) is 3.83. The van der Waals surface area contributed by atoms with Gasteiger partial charge in [0.05, 0.1) is 4.92 Å². The summed E-state index contributed by atoms with van der Waals surface area (Å²) in [5.74, 6) is -0.834. The largest absolute Gasteiger partial charge is 0.508 e. The van der Waals surface area contributed by atoms with Crippen LogP contribution in [0.1, 0.15) is 20.7 Å². The lowest BCUT2D eigenvalue weighted by atomic mass is 10.1. The number of carbonyl (C=O) groups excluding carboxylic acids is 2. The summed E-state index contributed by atoms with van der Waals surface area (Å²) < 4.78 is 0. The van der Waals surface area contributed by atoms with Gasteiger partial charge < -0.3 is 15.7 Å². The van der Waals surface area contributed by atoms with Crippen molar-refractivity contribution >= 4 is 28.9 Å². The number of nitrogens with zero attached hydrogens (tertiary/aromatic N) is 1. The molecule has 0 saturated carbocycles. The van der Waals surface area contributed by atoms with Crippen LogP contribution in [-0.4, -0.2) is 21.8 Å². The third kappa shape index (κ3) is 4.50. The number of nitrogens with one attached hydrogen (secondary N) is 2. The highest BCUT2D eigenvalue weighted by molar-refractivity contribution is 6.07. The maximum Gasteiger partial charge on any atom is 0.269 e. The Balaban J connectivity index is 1.71. The van der Waals surface area contributed by atoms with Gasteiger partial charge in [-0.3, -0.25) is 19.7 Å². The number of benzene rings is 3. The molecule has 0 atom stereocenters. The molecule has 0 saturated heterocycles. The lowest BCUT2D eigenvalue weighted by Gasteiger charge is -2.09. The average molecular weight is 377 g/mol. The first-order valence-corrected chi connectivity index (χ1v) is 8.18. The van der Waals surface area contributed by atoms with Crippen LogP contribution in [0.3, 0.4) is 0 Å². The number of hydrogen-bond acceptors (Lipinski definition) is 5. The van der Waals surface area contributed by atoms with Gasteiger partial charge in [0.15, 0.2) is 0 Å². The Labute approximate surface area is 159 Å². The lowest BCUT2D eigenvalue weighted by molar-refractivity contribution is -0.384. The number of phenols is 1. The number of non-ortho nitro benzene ring substituents is 1. The predicted molar refractivity (Wildman–Crippen MR) is 104 cm³/mol. The summed E-state index contributed by atoms with van der Waals surface area (Å²) >= 11 is 0. The molecule has 0 aliphatic carbocycles. The Hall–Kier alpha value is -4.20. The molecule has 0 heterocycles. The van der Waals surface area contributed by atoms with Gasteiger partial charge in [0, 0.05) is 40.7 Å². The molecular formula is C20H15N3O5. The van der Waals surface area contributed by atoms with Crippen LogP contribution in [0.2, 0.25) is 0 Å². The number of hydrogen-bond donors (Lipinski definition) is 3. The number of nitro benzene ring substituents is 1. The maximum atomic E-state index is 12.4. The van der Waals surface area contributed by atoms with E-state index in [0.29, 0.717) is 16.9 Å². The quantitative estimate of drug-likeness (QED) is 0.461. The number of aromatic hydroxyl groups is 1. The average Bonchev–Trinajstić information content (AvgIpc) is 2.68. The SMILES string of the molecule is O=C(Nc1cccc(C(=O)Nc2cccc(O)c2)c1)c1ccc([N+](=O)[O-])cc1. The molecule has 0 fully saturated rings. The minimum atomic E-state index is -0.545. The zero-order valence-corrected chi connectivity index (χ0v) is 14.5. The van der Waals surface area contributed by atoms with Gasteiger partial charge in [-0.05, 0) is 42.5 Å². The molecule has 8 nitrogen and oxygen atoms in total. The molecule has 28 heavy (non-hydrogen) atoms. The van der Waals surface area contributed by atoms with E-state index in [1.54, 1.807) is 30.3 Å². The first-order valence-electron chi connectivity index (χ1n) is 8.18. The van der Waals surface area contributed by atoms with Gasteiger partial charge in [0.1, 0.15) is 5.75 Å². The highest BCUT2D eigenvalue weighted by Crippen LogP contribution is 2.18. The van der Waals surface area contributed by atoms with Gasteiger partial charge >= 0.3 is 0 Å². The fraction of sp³-hybridized carbons (Fsp3) is 0. The van der Waals surface area contributed by atoms with Crippen LogP contribution in [0.5, 0.6) is 5.75 Å². The minimum Gasteiger partial charge on any atom is -0.508 e. The van der Waals surface area contributed by atoms with E-state index >= 15 is 0 Å². The first kappa shape index (κ1) is 18.6. The molecule has 3 N–H and O–H groups in total. The highest BCUT2D eigenvalue weighted by Gasteiger charge is 2.12. The molecule has 2 amide bonds. The van der Waals surface area contributed by atoms with Crippen molar-refractivity contribution in [1.29, 1.82) is 0 Å². The third-order valence-electron chi connectivity index (χ3n) is 3.83. The standard InChI is InChI=1S/C20H15N3O5/c24-18-6-2-5-16(12-18)22-20(26)14-3-1-4-15(11-14)21-19(25)13-7-9-17(10-8-13)23(27)28/h1-12,24H,(H,21,25)(H,22,26). The van der Waals surface area contributed by atoms with Gasteiger partial charge in [-0.25, -0.2) is 0 Å². The summed E-state index contributed by atoms with van der Waals surface area (Å²) in [6, 6.07) is 17.7. The van der Waals surface area contributed by atoms with E-state index in [9.17, 15) is 24.8 Å². The predicted octanol–water partition coefficient (Wildman–Crippen LogP) is 3.81. The number of anilines is 2. The van der Waals surface area contributed by atoms with Crippen molar-refractivity contribution in [3.8, 4) is 5.75 Å². The summed E-state index contributed by atoms with van der Waals surface area (Å²) in [7, 11) is 0. The summed E-state index contributed by atoms with van der Waals surface area (Å²) in [5.41, 5.74) is 1.28. The van der Waals surface area contributed by atoms with E-state index in [2.05, 4.69) is 10.6 Å². The first-order chi connectivity index (χ1) is 13.4. The van der Waals surface area contributed by atoms with Crippen LogP contribution < -0.4 is 10.6 Å². The van der Waals surface area contributed by atoms with Crippen molar-refractivity contribution in [2.45, 2.75) is 0 Å². The second-order valence-corrected chi connectivity index (χ2v) is 5.84. The molecule has 0 aromatic heterocycles. The molecule has 140 valence electrons. The topological polar surface area (TPSA) is 122 Å². The van der Waals surface area contributed by atoms with Crippen molar-refractivity contribution in [2.24, 2.45) is 0 Å². The fourth-order valence-electron chi connectivity index (χ4n) is 2.46. The molecule has 0 spiro atoms. The summed E-state index contributed by atoms with van der Waals surface area (Å²) in [5, 5.41) is 25.4. The van der Waals surface area contributed by atoms with Gasteiger partial charge in [-0.2, -0.15) is 0 Å². The summed E-state index contributed by atoms with van der Waals surface area (Å²) in [4.78, 5) is 34.8. The fourth-order valence-corrected chi connectivity index (χ4v) is 2.46. The Morgan fingerprint density at radius 2 is 1.36 bits per heavy atom. The molecule has 3 aromatic carbocycles. The molecular weight excluding hydrogens is 362 g/mol. The van der Waals surface area contributed by atoms with Crippen LogP contribution in [-0.2, 0) is 0 Å². The molecule has 0 aliphatic rings. The van der Waals surface area contributed by atoms with Crippen molar-refractivity contribution in [2.75, 3.05) is 10.6 Å². The van der Waals surface area contributed by atoms with Gasteiger partial charge in [-0.1, -0.05) is 12.1 Å². The molecule has 0 unspecified atom stereocenters. The zero-order chi connectivity index (χ0) is 20.1. The van der Waals surface area contributed by atoms with Crippen LogP contribution in [0.25, 0.3) is 0 Å². The van der Waals surface area contributed by atoms with Crippen molar-refractivity contribution in [3.63, 3.8) is 0 Å². The number of phenolic OH excluding ortho intramolecular Hbond substituents is 1.